The fraction of sp³-hybridized carbons (Fsp3) is 0.150. The van der Waals surface area contributed by atoms with Crippen LogP contribution in [0.3, 0.4) is 0 Å². The Morgan fingerprint density at radius 3 is 2.64 bits per heavy atom. The number of nitrogens with zero attached hydrogens (tertiary/aromatic N) is 3. The molecule has 2 heterocycles. The van der Waals surface area contributed by atoms with Crippen LogP contribution in [-0.2, 0) is 6.42 Å². The summed E-state index contributed by atoms with van der Waals surface area (Å²) in [7, 11) is 0. The molecule has 1 aliphatic rings. The summed E-state index contributed by atoms with van der Waals surface area (Å²) in [5, 5.41) is 4.44. The van der Waals surface area contributed by atoms with Crippen LogP contribution in [0.2, 0.25) is 0 Å². The predicted molar refractivity (Wildman–Crippen MR) is 95.1 cm³/mol. The van der Waals surface area contributed by atoms with E-state index in [9.17, 15) is 4.79 Å². The monoisotopic (exact) mass is 328 g/mol. The number of fused-ring (bicyclic) bond motifs is 2. The van der Waals surface area contributed by atoms with Gasteiger partial charge in [0.1, 0.15) is 0 Å². The summed E-state index contributed by atoms with van der Waals surface area (Å²) in [5.41, 5.74) is 4.70. The zero-order valence-electron chi connectivity index (χ0n) is 13.5. The van der Waals surface area contributed by atoms with Gasteiger partial charge in [0.05, 0.1) is 28.5 Å². The second-order valence-electron chi connectivity index (χ2n) is 6.43. The minimum atomic E-state index is 0.150. The van der Waals surface area contributed by atoms with Crippen molar-refractivity contribution in [2.45, 2.75) is 18.8 Å². The molecule has 0 saturated heterocycles. The standard InChI is InChI=1S/C20H16N4O/c25-19-11-14(13-6-2-1-3-7-13)10-18-15(19)12-21-24(18)20-22-16-8-4-5-9-17(16)23-20/h1-9,12,14H,10-11H2,(H,22,23). The van der Waals surface area contributed by atoms with Gasteiger partial charge in [-0.15, -0.1) is 0 Å². The van der Waals surface area contributed by atoms with E-state index in [0.717, 1.165) is 23.1 Å². The Bertz CT molecular complexity index is 1040. The van der Waals surface area contributed by atoms with E-state index in [0.29, 0.717) is 17.9 Å². The number of Topliss-reactive ketones (excluding diaryl/α,β-unsaturated/α-hetero) is 1. The van der Waals surface area contributed by atoms with Crippen LogP contribution in [0, 0.1) is 0 Å². The van der Waals surface area contributed by atoms with Crippen LogP contribution in [0.5, 0.6) is 0 Å². The highest BCUT2D eigenvalue weighted by Gasteiger charge is 2.30. The van der Waals surface area contributed by atoms with E-state index in [4.69, 9.17) is 0 Å². The number of nitrogens with one attached hydrogen (secondary N) is 1. The molecule has 5 nitrogen and oxygen atoms in total. The third-order valence-electron chi connectivity index (χ3n) is 4.89. The molecule has 4 aromatic rings. The zero-order chi connectivity index (χ0) is 16.8. The van der Waals surface area contributed by atoms with Crippen molar-refractivity contribution in [1.82, 2.24) is 19.7 Å². The normalized spacial score (nSPS) is 17.0. The predicted octanol–water partition coefficient (Wildman–Crippen LogP) is 3.66. The van der Waals surface area contributed by atoms with Crippen LogP contribution in [0.25, 0.3) is 17.0 Å². The fourth-order valence-corrected chi connectivity index (χ4v) is 3.63. The van der Waals surface area contributed by atoms with Crippen molar-refractivity contribution in [2.24, 2.45) is 0 Å². The maximum absolute atomic E-state index is 12.6. The summed E-state index contributed by atoms with van der Waals surface area (Å²) in [5.74, 6) is 0.988. The molecule has 0 spiro atoms. The number of rotatable bonds is 2. The second kappa shape index (κ2) is 5.41. The number of hydrogen-bond acceptors (Lipinski definition) is 3. The lowest BCUT2D eigenvalue weighted by molar-refractivity contribution is 0.0963. The molecule has 0 saturated carbocycles. The Labute approximate surface area is 144 Å². The SMILES string of the molecule is O=C1CC(c2ccccc2)Cc2c1cnn2-c1nc2ccccc2[nH]1. The maximum atomic E-state index is 12.6. The quantitative estimate of drug-likeness (QED) is 0.611. The van der Waals surface area contributed by atoms with Gasteiger partial charge in [-0.25, -0.2) is 9.67 Å². The minimum Gasteiger partial charge on any atom is -0.322 e. The summed E-state index contributed by atoms with van der Waals surface area (Å²) in [6.07, 6.45) is 2.98. The summed E-state index contributed by atoms with van der Waals surface area (Å²) in [6, 6.07) is 18.1. The Hall–Kier alpha value is -3.21. The van der Waals surface area contributed by atoms with Gasteiger partial charge in [-0.2, -0.15) is 5.10 Å². The zero-order valence-corrected chi connectivity index (χ0v) is 13.5. The van der Waals surface area contributed by atoms with Crippen molar-refractivity contribution < 1.29 is 4.79 Å². The largest absolute Gasteiger partial charge is 0.322 e. The van der Waals surface area contributed by atoms with Gasteiger partial charge in [0.25, 0.3) is 0 Å². The highest BCUT2D eigenvalue weighted by Crippen LogP contribution is 2.33. The molecule has 1 unspecified atom stereocenters. The minimum absolute atomic E-state index is 0.150. The molecule has 5 heteroatoms. The third kappa shape index (κ3) is 2.28. The molecule has 1 atom stereocenters. The smallest absolute Gasteiger partial charge is 0.229 e. The first kappa shape index (κ1) is 14.2. The maximum Gasteiger partial charge on any atom is 0.229 e. The number of H-pyrrole nitrogens is 1. The number of benzene rings is 2. The second-order valence-corrected chi connectivity index (χ2v) is 6.43. The van der Waals surface area contributed by atoms with E-state index in [-0.39, 0.29) is 11.7 Å². The van der Waals surface area contributed by atoms with Gasteiger partial charge in [-0.3, -0.25) is 4.79 Å². The van der Waals surface area contributed by atoms with Crippen LogP contribution in [-0.4, -0.2) is 25.5 Å². The lowest BCUT2D eigenvalue weighted by atomic mass is 9.82. The molecule has 0 aliphatic heterocycles. The number of carbonyl (C=O) groups is 1. The summed E-state index contributed by atoms with van der Waals surface area (Å²) >= 11 is 0. The van der Waals surface area contributed by atoms with Gasteiger partial charge in [-0.05, 0) is 30.0 Å². The fourth-order valence-electron chi connectivity index (χ4n) is 3.63. The number of hydrogen-bond donors (Lipinski definition) is 1. The number of imidazole rings is 1. The van der Waals surface area contributed by atoms with Gasteiger partial charge in [0, 0.05) is 6.42 Å². The van der Waals surface area contributed by atoms with Crippen molar-refractivity contribution in [2.75, 3.05) is 0 Å². The van der Waals surface area contributed by atoms with E-state index in [1.54, 1.807) is 10.9 Å². The Balaban J connectivity index is 1.60. The topological polar surface area (TPSA) is 63.6 Å². The van der Waals surface area contributed by atoms with E-state index < -0.39 is 0 Å². The van der Waals surface area contributed by atoms with Crippen molar-refractivity contribution in [3.63, 3.8) is 0 Å². The molecule has 122 valence electrons. The van der Waals surface area contributed by atoms with E-state index in [1.807, 2.05) is 42.5 Å². The molecule has 0 amide bonds. The molecule has 25 heavy (non-hydrogen) atoms. The van der Waals surface area contributed by atoms with Crippen molar-refractivity contribution >= 4 is 16.8 Å². The van der Waals surface area contributed by atoms with Crippen LogP contribution in [0.15, 0.2) is 60.8 Å². The first-order valence-electron chi connectivity index (χ1n) is 8.40. The van der Waals surface area contributed by atoms with Crippen molar-refractivity contribution in [1.29, 1.82) is 0 Å². The van der Waals surface area contributed by atoms with E-state index in [2.05, 4.69) is 27.2 Å². The Morgan fingerprint density at radius 2 is 1.80 bits per heavy atom. The molecule has 0 fully saturated rings. The molecule has 0 radical (unpaired) electrons. The molecule has 2 aromatic carbocycles. The highest BCUT2D eigenvalue weighted by atomic mass is 16.1. The number of aromatic amines is 1. The number of carbonyl (C=O) groups excluding carboxylic acids is 1. The molecule has 5 rings (SSSR count). The summed E-state index contributed by atoms with van der Waals surface area (Å²) in [4.78, 5) is 20.5. The molecule has 1 aliphatic carbocycles. The average molecular weight is 328 g/mol. The Kier molecular flexibility index (Phi) is 3.06. The molecule has 1 N–H and O–H groups in total. The summed E-state index contributed by atoms with van der Waals surface area (Å²) in [6.45, 7) is 0. The van der Waals surface area contributed by atoms with Crippen LogP contribution in [0.1, 0.15) is 34.0 Å². The van der Waals surface area contributed by atoms with Crippen LogP contribution in [0.4, 0.5) is 0 Å². The van der Waals surface area contributed by atoms with Crippen molar-refractivity contribution in [3.8, 4) is 5.95 Å². The lowest BCUT2D eigenvalue weighted by Gasteiger charge is -2.22. The highest BCUT2D eigenvalue weighted by molar-refractivity contribution is 5.98. The third-order valence-corrected chi connectivity index (χ3v) is 4.89. The van der Waals surface area contributed by atoms with Gasteiger partial charge in [0.2, 0.25) is 5.95 Å². The summed E-state index contributed by atoms with van der Waals surface area (Å²) < 4.78 is 1.78. The van der Waals surface area contributed by atoms with Gasteiger partial charge in [0.15, 0.2) is 5.78 Å². The lowest BCUT2D eigenvalue weighted by Crippen LogP contribution is -2.20. The van der Waals surface area contributed by atoms with Gasteiger partial charge in [-0.1, -0.05) is 42.5 Å². The van der Waals surface area contributed by atoms with E-state index >= 15 is 0 Å². The van der Waals surface area contributed by atoms with E-state index in [1.165, 1.54) is 5.56 Å². The molecule has 2 aromatic heterocycles. The number of ketones is 1. The first-order valence-corrected chi connectivity index (χ1v) is 8.40. The number of para-hydroxylation sites is 2. The number of aromatic nitrogens is 4. The van der Waals surface area contributed by atoms with Crippen molar-refractivity contribution in [3.05, 3.63) is 77.6 Å². The molecule has 0 bridgehead atoms. The Morgan fingerprint density at radius 1 is 1.00 bits per heavy atom. The molecular weight excluding hydrogens is 312 g/mol. The van der Waals surface area contributed by atoms with Gasteiger partial charge >= 0.3 is 0 Å². The van der Waals surface area contributed by atoms with Crippen LogP contribution >= 0.6 is 0 Å². The van der Waals surface area contributed by atoms with Gasteiger partial charge < -0.3 is 4.98 Å². The average Bonchev–Trinajstić information content (AvgIpc) is 3.26. The first-order chi connectivity index (χ1) is 12.3. The molecular formula is C20H16N4O. The van der Waals surface area contributed by atoms with Crippen LogP contribution < -0.4 is 0 Å².